The molecule has 4 nitrogen and oxygen atoms in total. The van der Waals surface area contributed by atoms with Crippen molar-refractivity contribution in [2.24, 2.45) is 47.3 Å². The molecule has 0 aromatic heterocycles. The number of esters is 2. The molecular formula is C46H82O4. The molecule has 1 aromatic rings. The highest BCUT2D eigenvalue weighted by molar-refractivity contribution is 5.76. The zero-order chi connectivity index (χ0) is 37.3. The maximum absolute atomic E-state index is 12.8. The lowest BCUT2D eigenvalue weighted by molar-refractivity contribution is -0.138. The van der Waals surface area contributed by atoms with E-state index in [0.717, 1.165) is 61.2 Å². The monoisotopic (exact) mass is 699 g/mol. The quantitative estimate of drug-likeness (QED) is 0.0593. The summed E-state index contributed by atoms with van der Waals surface area (Å²) in [6, 6.07) is 7.06. The van der Waals surface area contributed by atoms with Crippen LogP contribution in [-0.2, 0) is 9.59 Å². The van der Waals surface area contributed by atoms with Gasteiger partial charge in [0.1, 0.15) is 0 Å². The molecule has 4 heteroatoms. The van der Waals surface area contributed by atoms with Gasteiger partial charge in [-0.2, -0.15) is 0 Å². The maximum Gasteiger partial charge on any atom is 0.311 e. The highest BCUT2D eigenvalue weighted by Crippen LogP contribution is 2.29. The predicted molar refractivity (Wildman–Crippen MR) is 215 cm³/mol. The van der Waals surface area contributed by atoms with Crippen LogP contribution in [0.5, 0.6) is 11.5 Å². The van der Waals surface area contributed by atoms with Gasteiger partial charge in [0.2, 0.25) is 0 Å². The van der Waals surface area contributed by atoms with Crippen molar-refractivity contribution in [3.05, 3.63) is 24.3 Å². The average molecular weight is 699 g/mol. The van der Waals surface area contributed by atoms with Crippen LogP contribution in [-0.4, -0.2) is 11.9 Å². The molecule has 290 valence electrons. The van der Waals surface area contributed by atoms with E-state index < -0.39 is 0 Å². The largest absolute Gasteiger partial charge is 0.423 e. The molecule has 0 aliphatic rings. The van der Waals surface area contributed by atoms with Gasteiger partial charge in [0.05, 0.1) is 0 Å². The normalized spacial score (nSPS) is 15.4. The Labute approximate surface area is 311 Å². The van der Waals surface area contributed by atoms with Gasteiger partial charge >= 0.3 is 11.9 Å². The van der Waals surface area contributed by atoms with Gasteiger partial charge in [0.15, 0.2) is 11.5 Å². The van der Waals surface area contributed by atoms with Gasteiger partial charge < -0.3 is 9.47 Å². The van der Waals surface area contributed by atoms with Gasteiger partial charge in [0.25, 0.3) is 0 Å². The molecule has 6 unspecified atom stereocenters. The lowest BCUT2D eigenvalue weighted by Gasteiger charge is -2.17. The van der Waals surface area contributed by atoms with E-state index in [2.05, 4.69) is 69.2 Å². The first-order chi connectivity index (χ1) is 23.7. The summed E-state index contributed by atoms with van der Waals surface area (Å²) in [5, 5.41) is 0. The maximum atomic E-state index is 12.8. The minimum absolute atomic E-state index is 0.261. The van der Waals surface area contributed by atoms with Crippen molar-refractivity contribution in [2.75, 3.05) is 0 Å². The van der Waals surface area contributed by atoms with Gasteiger partial charge in [-0.05, 0) is 59.5 Å². The number of para-hydroxylation sites is 2. The van der Waals surface area contributed by atoms with Gasteiger partial charge in [-0.1, -0.05) is 197 Å². The summed E-state index contributed by atoms with van der Waals surface area (Å²) in [5.74, 6) is 5.45. The number of hydrogen-bond acceptors (Lipinski definition) is 4. The van der Waals surface area contributed by atoms with Crippen molar-refractivity contribution in [3.8, 4) is 11.5 Å². The standard InChI is InChI=1S/C46H82O4/c1-35(2)19-13-21-37(5)23-15-25-39(7)27-17-29-41(9)33-45(47)49-43-31-11-12-32-44(43)50-46(48)34-42(10)30-18-28-40(8)26-16-24-38(6)22-14-20-36(3)4/h11-12,31-32,35-42H,13-30,33-34H2,1-10H3. The molecule has 0 bridgehead atoms. The first kappa shape index (κ1) is 46.2. The number of carbonyl (C=O) groups is 2. The van der Waals surface area contributed by atoms with Crippen molar-refractivity contribution in [1.29, 1.82) is 0 Å². The third kappa shape index (κ3) is 25.2. The molecule has 0 amide bonds. The van der Waals surface area contributed by atoms with Crippen LogP contribution in [0.3, 0.4) is 0 Å². The average Bonchev–Trinajstić information content (AvgIpc) is 3.01. The van der Waals surface area contributed by atoms with Crippen LogP contribution in [0, 0.1) is 47.3 Å². The Bertz CT molecular complexity index is 921. The minimum atomic E-state index is -0.261. The summed E-state index contributed by atoms with van der Waals surface area (Å²) in [5.41, 5.74) is 0. The Morgan fingerprint density at radius 1 is 0.400 bits per heavy atom. The van der Waals surface area contributed by atoms with Crippen LogP contribution in [0.25, 0.3) is 0 Å². The van der Waals surface area contributed by atoms with Crippen molar-refractivity contribution >= 4 is 11.9 Å². The summed E-state index contributed by atoms with van der Waals surface area (Å²) in [7, 11) is 0. The highest BCUT2D eigenvalue weighted by Gasteiger charge is 2.18. The molecule has 1 aromatic carbocycles. The Morgan fingerprint density at radius 2 is 0.640 bits per heavy atom. The van der Waals surface area contributed by atoms with E-state index in [1.165, 1.54) is 89.9 Å². The fourth-order valence-electron chi connectivity index (χ4n) is 7.31. The van der Waals surface area contributed by atoms with Crippen molar-refractivity contribution in [1.82, 2.24) is 0 Å². The Kier molecular flexibility index (Phi) is 25.6. The van der Waals surface area contributed by atoms with Crippen molar-refractivity contribution < 1.29 is 19.1 Å². The SMILES string of the molecule is CC(C)CCCC(C)CCCC(C)CCCC(C)CC(=O)Oc1ccccc1OC(=O)CC(C)CCCC(C)CCCC(C)CCCC(C)C. The van der Waals surface area contributed by atoms with Gasteiger partial charge in [-0.25, -0.2) is 0 Å². The number of benzene rings is 1. The van der Waals surface area contributed by atoms with Crippen LogP contribution >= 0.6 is 0 Å². The molecule has 1 rings (SSSR count). The Hall–Kier alpha value is -1.84. The number of carbonyl (C=O) groups excluding carboxylic acids is 2. The van der Waals surface area contributed by atoms with Crippen LogP contribution < -0.4 is 9.47 Å². The van der Waals surface area contributed by atoms with E-state index in [-0.39, 0.29) is 23.8 Å². The van der Waals surface area contributed by atoms with Gasteiger partial charge in [0, 0.05) is 12.8 Å². The van der Waals surface area contributed by atoms with Crippen LogP contribution in [0.15, 0.2) is 24.3 Å². The lowest BCUT2D eigenvalue weighted by atomic mass is 9.91. The summed E-state index contributed by atoms with van der Waals surface area (Å²) in [6.07, 6.45) is 23.6. The highest BCUT2D eigenvalue weighted by atomic mass is 16.6. The second kappa shape index (κ2) is 27.8. The fourth-order valence-corrected chi connectivity index (χ4v) is 7.31. The van der Waals surface area contributed by atoms with Crippen LogP contribution in [0.2, 0.25) is 0 Å². The predicted octanol–water partition coefficient (Wildman–Crippen LogP) is 14.4. The molecule has 0 spiro atoms. The smallest absolute Gasteiger partial charge is 0.311 e. The van der Waals surface area contributed by atoms with Crippen LogP contribution in [0.4, 0.5) is 0 Å². The Balaban J connectivity index is 2.29. The molecule has 0 saturated heterocycles. The molecule has 0 aliphatic carbocycles. The number of hydrogen-bond donors (Lipinski definition) is 0. The molecule has 0 saturated carbocycles. The van der Waals surface area contributed by atoms with E-state index in [1.54, 1.807) is 12.1 Å². The fraction of sp³-hybridized carbons (Fsp3) is 0.826. The number of ether oxygens (including phenoxy) is 2. The topological polar surface area (TPSA) is 52.6 Å². The lowest BCUT2D eigenvalue weighted by Crippen LogP contribution is -2.16. The molecule has 50 heavy (non-hydrogen) atoms. The molecule has 0 fully saturated rings. The minimum Gasteiger partial charge on any atom is -0.423 e. The third-order valence-corrected chi connectivity index (χ3v) is 10.9. The zero-order valence-electron chi connectivity index (χ0n) is 34.7. The van der Waals surface area contributed by atoms with Crippen LogP contribution in [0.1, 0.15) is 198 Å². The number of rotatable bonds is 30. The molecule has 0 N–H and O–H groups in total. The van der Waals surface area contributed by atoms with E-state index in [9.17, 15) is 9.59 Å². The summed E-state index contributed by atoms with van der Waals surface area (Å²) < 4.78 is 11.4. The molecule has 6 atom stereocenters. The second-order valence-corrected chi connectivity index (χ2v) is 17.8. The van der Waals surface area contributed by atoms with E-state index in [0.29, 0.717) is 24.3 Å². The molecule has 0 heterocycles. The van der Waals surface area contributed by atoms with Crippen molar-refractivity contribution in [2.45, 2.75) is 198 Å². The van der Waals surface area contributed by atoms with E-state index in [4.69, 9.17) is 9.47 Å². The van der Waals surface area contributed by atoms with Gasteiger partial charge in [-0.3, -0.25) is 9.59 Å². The van der Waals surface area contributed by atoms with E-state index in [1.807, 2.05) is 12.1 Å². The zero-order valence-corrected chi connectivity index (χ0v) is 34.7. The second-order valence-electron chi connectivity index (χ2n) is 17.8. The molecule has 0 radical (unpaired) electrons. The summed E-state index contributed by atoms with van der Waals surface area (Å²) in [4.78, 5) is 25.7. The van der Waals surface area contributed by atoms with Gasteiger partial charge in [-0.15, -0.1) is 0 Å². The van der Waals surface area contributed by atoms with E-state index >= 15 is 0 Å². The third-order valence-electron chi connectivity index (χ3n) is 10.9. The Morgan fingerprint density at radius 3 is 0.900 bits per heavy atom. The first-order valence-electron chi connectivity index (χ1n) is 21.2. The molecular weight excluding hydrogens is 617 g/mol. The first-order valence-corrected chi connectivity index (χ1v) is 21.2. The summed E-state index contributed by atoms with van der Waals surface area (Å²) in [6.45, 7) is 23.1. The molecule has 0 aliphatic heterocycles. The summed E-state index contributed by atoms with van der Waals surface area (Å²) >= 11 is 0. The van der Waals surface area contributed by atoms with Crippen molar-refractivity contribution in [3.63, 3.8) is 0 Å².